The molecule has 1 atom stereocenters. The van der Waals surface area contributed by atoms with E-state index in [9.17, 15) is 9.59 Å². The van der Waals surface area contributed by atoms with Gasteiger partial charge < -0.3 is 9.64 Å². The zero-order chi connectivity index (χ0) is 18.8. The Bertz CT molecular complexity index is 633. The van der Waals surface area contributed by atoms with E-state index in [1.165, 1.54) is 0 Å². The second kappa shape index (κ2) is 7.53. The Morgan fingerprint density at radius 1 is 1.40 bits per heavy atom. The molecule has 0 saturated heterocycles. The summed E-state index contributed by atoms with van der Waals surface area (Å²) < 4.78 is 7.14. The van der Waals surface area contributed by atoms with E-state index in [-0.39, 0.29) is 12.1 Å². The van der Waals surface area contributed by atoms with Gasteiger partial charge in [-0.15, -0.1) is 0 Å². The molecule has 1 amide bonds. The van der Waals surface area contributed by atoms with Crippen LogP contribution in [0.5, 0.6) is 0 Å². The molecule has 1 aromatic rings. The molecule has 0 bridgehead atoms. The van der Waals surface area contributed by atoms with E-state index in [1.54, 1.807) is 28.7 Å². The number of carbonyl (C=O) groups is 2. The third kappa shape index (κ3) is 4.79. The van der Waals surface area contributed by atoms with Gasteiger partial charge in [0.15, 0.2) is 6.29 Å². The summed E-state index contributed by atoms with van der Waals surface area (Å²) in [6.45, 7) is 8.69. The summed E-state index contributed by atoms with van der Waals surface area (Å²) in [4.78, 5) is 31.1. The fourth-order valence-corrected chi connectivity index (χ4v) is 2.79. The highest BCUT2D eigenvalue weighted by molar-refractivity contribution is 5.76. The maximum Gasteiger partial charge on any atom is 0.410 e. The number of fused-ring (bicyclic) bond motifs is 1. The van der Waals surface area contributed by atoms with Gasteiger partial charge in [-0.25, -0.2) is 4.79 Å². The van der Waals surface area contributed by atoms with Crippen LogP contribution in [-0.2, 0) is 29.1 Å². The van der Waals surface area contributed by atoms with Gasteiger partial charge in [0.25, 0.3) is 0 Å². The first kappa shape index (κ1) is 19.4. The largest absolute Gasteiger partial charge is 0.444 e. The molecule has 0 saturated carbocycles. The quantitative estimate of drug-likeness (QED) is 0.595. The first-order valence-corrected chi connectivity index (χ1v) is 8.46. The number of ether oxygens (including phenoxy) is 1. The van der Waals surface area contributed by atoms with Crippen LogP contribution in [0, 0.1) is 0 Å². The Morgan fingerprint density at radius 3 is 2.64 bits per heavy atom. The molecule has 0 fully saturated rings. The molecule has 1 aliphatic heterocycles. The van der Waals surface area contributed by atoms with Crippen LogP contribution in [0.4, 0.5) is 4.79 Å². The third-order valence-electron chi connectivity index (χ3n) is 3.92. The summed E-state index contributed by atoms with van der Waals surface area (Å²) in [5.41, 5.74) is 1.60. The van der Waals surface area contributed by atoms with Crippen molar-refractivity contribution in [2.45, 2.75) is 58.8 Å². The van der Waals surface area contributed by atoms with Gasteiger partial charge in [-0.3, -0.25) is 14.3 Å². The first-order valence-electron chi connectivity index (χ1n) is 8.46. The van der Waals surface area contributed by atoms with Gasteiger partial charge in [0, 0.05) is 32.1 Å². The number of amides is 1. The molecule has 0 N–H and O–H groups in total. The first-order chi connectivity index (χ1) is 11.6. The van der Waals surface area contributed by atoms with Crippen molar-refractivity contribution in [3.63, 3.8) is 0 Å². The highest BCUT2D eigenvalue weighted by atomic mass is 16.7. The molecule has 2 rings (SSSR count). The normalized spacial score (nSPS) is 17.6. The van der Waals surface area contributed by atoms with Crippen molar-refractivity contribution in [1.82, 2.24) is 19.7 Å². The minimum absolute atomic E-state index is 0.0387. The zero-order valence-electron chi connectivity index (χ0n) is 15.9. The van der Waals surface area contributed by atoms with Gasteiger partial charge in [0.2, 0.25) is 0 Å². The molecular weight excluding hydrogens is 324 g/mol. The monoisotopic (exact) mass is 352 g/mol. The summed E-state index contributed by atoms with van der Waals surface area (Å²) in [6.07, 6.45) is 1.02. The van der Waals surface area contributed by atoms with Crippen molar-refractivity contribution in [2.75, 3.05) is 20.7 Å². The van der Waals surface area contributed by atoms with Crippen molar-refractivity contribution in [2.24, 2.45) is 0 Å². The van der Waals surface area contributed by atoms with Crippen molar-refractivity contribution < 1.29 is 19.2 Å². The zero-order valence-corrected chi connectivity index (χ0v) is 15.9. The van der Waals surface area contributed by atoms with Crippen LogP contribution in [0.3, 0.4) is 0 Å². The molecule has 140 valence electrons. The van der Waals surface area contributed by atoms with Gasteiger partial charge in [0.05, 0.1) is 25.4 Å². The molecule has 8 nitrogen and oxygen atoms in total. The van der Waals surface area contributed by atoms with E-state index in [2.05, 4.69) is 5.10 Å². The van der Waals surface area contributed by atoms with Crippen LogP contribution in [0.25, 0.3) is 0 Å². The highest BCUT2D eigenvalue weighted by Crippen LogP contribution is 2.26. The van der Waals surface area contributed by atoms with Crippen LogP contribution < -0.4 is 0 Å². The Kier molecular flexibility index (Phi) is 5.84. The molecule has 1 aliphatic rings. The van der Waals surface area contributed by atoms with Gasteiger partial charge in [-0.05, 0) is 27.7 Å². The van der Waals surface area contributed by atoms with Crippen molar-refractivity contribution in [3.8, 4) is 0 Å². The molecule has 0 aliphatic carbocycles. The predicted molar refractivity (Wildman–Crippen MR) is 92.2 cm³/mol. The van der Waals surface area contributed by atoms with Crippen LogP contribution in [-0.4, -0.2) is 64.5 Å². The van der Waals surface area contributed by atoms with E-state index < -0.39 is 5.60 Å². The average molecular weight is 352 g/mol. The maximum absolute atomic E-state index is 12.5. The second-order valence-electron chi connectivity index (χ2n) is 7.46. The van der Waals surface area contributed by atoms with E-state index in [1.807, 2.05) is 27.7 Å². The Morgan fingerprint density at radius 2 is 2.08 bits per heavy atom. The van der Waals surface area contributed by atoms with Gasteiger partial charge in [-0.2, -0.15) is 10.2 Å². The molecular formula is C17H28N4O4. The summed E-state index contributed by atoms with van der Waals surface area (Å²) in [5.74, 6) is 0. The number of hydrogen-bond acceptors (Lipinski definition) is 6. The smallest absolute Gasteiger partial charge is 0.410 e. The van der Waals surface area contributed by atoms with Crippen LogP contribution in [0.15, 0.2) is 0 Å². The highest BCUT2D eigenvalue weighted by Gasteiger charge is 2.34. The number of carbonyl (C=O) groups excluding carboxylic acids is 2. The molecule has 0 spiro atoms. The summed E-state index contributed by atoms with van der Waals surface area (Å²) in [5, 5.41) is 6.15. The molecule has 0 aromatic carbocycles. The van der Waals surface area contributed by atoms with Crippen molar-refractivity contribution in [1.29, 1.82) is 0 Å². The lowest BCUT2D eigenvalue weighted by molar-refractivity contribution is -0.122. The third-order valence-corrected chi connectivity index (χ3v) is 3.92. The molecule has 0 unspecified atom stereocenters. The fourth-order valence-electron chi connectivity index (χ4n) is 2.79. The Labute approximate surface area is 148 Å². The number of nitrogens with zero attached hydrogens (tertiary/aromatic N) is 4. The van der Waals surface area contributed by atoms with Gasteiger partial charge in [-0.1, -0.05) is 0 Å². The lowest BCUT2D eigenvalue weighted by atomic mass is 10.0. The lowest BCUT2D eigenvalue weighted by Crippen LogP contribution is -2.45. The van der Waals surface area contributed by atoms with Crippen LogP contribution in [0.2, 0.25) is 0 Å². The Hall–Kier alpha value is -1.93. The lowest BCUT2D eigenvalue weighted by Gasteiger charge is -2.34. The predicted octanol–water partition coefficient (Wildman–Crippen LogP) is 1.87. The minimum Gasteiger partial charge on any atom is -0.444 e. The van der Waals surface area contributed by atoms with Gasteiger partial charge >= 0.3 is 6.09 Å². The Balaban J connectivity index is 2.19. The molecule has 0 radical (unpaired) electrons. The number of hydroxylamine groups is 2. The minimum atomic E-state index is -0.557. The van der Waals surface area contributed by atoms with E-state index in [0.717, 1.165) is 17.5 Å². The number of aromatic nitrogens is 2. The van der Waals surface area contributed by atoms with Crippen LogP contribution in [0.1, 0.15) is 49.4 Å². The molecule has 25 heavy (non-hydrogen) atoms. The summed E-state index contributed by atoms with van der Waals surface area (Å²) >= 11 is 0. The summed E-state index contributed by atoms with van der Waals surface area (Å²) in [7, 11) is 3.60. The van der Waals surface area contributed by atoms with Crippen molar-refractivity contribution in [3.05, 3.63) is 17.0 Å². The number of aldehydes is 1. The van der Waals surface area contributed by atoms with E-state index in [0.29, 0.717) is 31.8 Å². The molecule has 1 aromatic heterocycles. The molecule has 8 heteroatoms. The SMILES string of the molecule is C[C@@H]1Cc2nn(CCON(C)C)c(C=O)c2CN1C(=O)OC(C)(C)C. The standard InChI is InChI=1S/C17H28N4O4/c1-12-9-14-13(10-20(12)16(23)25-17(2,3)4)15(11-22)21(18-14)7-8-24-19(5)6/h11-12H,7-10H2,1-6H3/t12-/m1/s1. The topological polar surface area (TPSA) is 76.9 Å². The van der Waals surface area contributed by atoms with Crippen LogP contribution >= 0.6 is 0 Å². The average Bonchev–Trinajstić information content (AvgIpc) is 2.80. The number of hydrogen-bond donors (Lipinski definition) is 0. The van der Waals surface area contributed by atoms with E-state index >= 15 is 0 Å². The van der Waals surface area contributed by atoms with E-state index in [4.69, 9.17) is 9.57 Å². The van der Waals surface area contributed by atoms with Gasteiger partial charge in [0.1, 0.15) is 11.3 Å². The van der Waals surface area contributed by atoms with Crippen molar-refractivity contribution >= 4 is 12.4 Å². The fraction of sp³-hybridized carbons (Fsp3) is 0.706. The maximum atomic E-state index is 12.5. The molecule has 2 heterocycles. The number of rotatable bonds is 5. The second-order valence-corrected chi connectivity index (χ2v) is 7.46. The summed E-state index contributed by atoms with van der Waals surface area (Å²) in [6, 6.07) is -0.0387.